The molecule has 0 saturated carbocycles. The van der Waals surface area contributed by atoms with Gasteiger partial charge in [-0.3, -0.25) is 0 Å². The van der Waals surface area contributed by atoms with E-state index in [-0.39, 0.29) is 40.8 Å². The van der Waals surface area contributed by atoms with Crippen LogP contribution in [0.25, 0.3) is 49.3 Å². The number of thiophene rings is 2. The molecule has 0 aliphatic carbocycles. The first kappa shape index (κ1) is 45.4. The zero-order valence-electron chi connectivity index (χ0n) is 37.3. The number of carbonyl (C=O) groups is 2. The van der Waals surface area contributed by atoms with Gasteiger partial charge in [-0.15, -0.1) is 0 Å². The predicted octanol–water partition coefficient (Wildman–Crippen LogP) is 14.9. The van der Waals surface area contributed by atoms with Crippen LogP contribution in [0, 0.1) is 11.8 Å². The molecule has 0 N–H and O–H groups in total. The maximum atomic E-state index is 15.6. The number of fused-ring (bicyclic) bond motifs is 3. The Morgan fingerprint density at radius 3 is 1.26 bits per heavy atom. The van der Waals surface area contributed by atoms with Gasteiger partial charge in [0.15, 0.2) is 0 Å². The quantitative estimate of drug-likeness (QED) is 0.0448. The second-order valence-corrected chi connectivity index (χ2v) is 24.3. The molecule has 62 heavy (non-hydrogen) atoms. The third-order valence-electron chi connectivity index (χ3n) is 12.9. The van der Waals surface area contributed by atoms with Crippen LogP contribution in [0.15, 0.2) is 96.1 Å². The molecule has 6 heterocycles. The second kappa shape index (κ2) is 21.6. The average molecular weight is 995 g/mol. The van der Waals surface area contributed by atoms with E-state index in [9.17, 15) is 0 Å². The molecule has 6 aromatic rings. The fraction of sp³-hybridized carbons (Fsp3) is 0.444. The number of hydrogen-bond acceptors (Lipinski definition) is 4. The van der Waals surface area contributed by atoms with Gasteiger partial charge in [-0.1, -0.05) is 26.7 Å². The number of nitrogens with zero attached hydrogens (tertiary/aromatic N) is 2. The molecule has 0 bridgehead atoms. The van der Waals surface area contributed by atoms with E-state index in [1.54, 1.807) is 22.7 Å². The minimum atomic E-state index is 0.0299. The van der Waals surface area contributed by atoms with Crippen LogP contribution in [0.5, 0.6) is 0 Å². The van der Waals surface area contributed by atoms with E-state index >= 15 is 9.59 Å². The van der Waals surface area contributed by atoms with E-state index in [4.69, 9.17) is 0 Å². The van der Waals surface area contributed by atoms with E-state index in [0.29, 0.717) is 36.1 Å². The van der Waals surface area contributed by atoms with Crippen LogP contribution in [0.3, 0.4) is 0 Å². The van der Waals surface area contributed by atoms with Crippen LogP contribution >= 0.6 is 22.7 Å². The monoisotopic (exact) mass is 996 g/mol. The molecule has 4 aromatic heterocycles. The van der Waals surface area contributed by atoms with E-state index < -0.39 is 0 Å². The normalized spacial score (nSPS) is 15.4. The van der Waals surface area contributed by atoms with Crippen LogP contribution in [-0.2, 0) is 9.59 Å². The van der Waals surface area contributed by atoms with Crippen molar-refractivity contribution in [1.29, 1.82) is 0 Å². The Bertz CT molecular complexity index is 2290. The van der Waals surface area contributed by atoms with Crippen molar-refractivity contribution in [2.75, 3.05) is 13.1 Å². The van der Waals surface area contributed by atoms with Gasteiger partial charge in [0.05, 0.1) is 0 Å². The van der Waals surface area contributed by atoms with E-state index in [2.05, 4.69) is 122 Å². The summed E-state index contributed by atoms with van der Waals surface area (Å²) in [5.74, 6) is 0.844. The Hall–Kier alpha value is -3.22. The summed E-state index contributed by atoms with van der Waals surface area (Å²) in [5, 5.41) is 2.63. The summed E-state index contributed by atoms with van der Waals surface area (Å²) >= 11 is 4.00. The summed E-state index contributed by atoms with van der Waals surface area (Å²) in [6.07, 6.45) is 18.8. The molecule has 2 aliphatic heterocycles. The zero-order valence-corrected chi connectivity index (χ0v) is 42.4. The summed E-state index contributed by atoms with van der Waals surface area (Å²) in [4.78, 5) is 40.0. The standard InChI is InChI=1S/C54H64N2O2S2Se2/c1-5-9-13-15-23-37(21-11-7-3)35-55-51(43-31-29-41(59-43)47-33-39-25-17-19-27-45(39)61-47)49-50(53(55)57)52(56(54(49)58)36-38(22-12-8-4)24-16-14-10-6-2)44-32-30-42(60-44)48-34-40-26-18-20-28-46(40)62-48/h17-20,25-34,37-38H,5-16,21-24,35-36H2,1-4H3. The summed E-state index contributed by atoms with van der Waals surface area (Å²) < 4.78 is 5.59. The Kier molecular flexibility index (Phi) is 15.8. The van der Waals surface area contributed by atoms with Crippen LogP contribution in [0.1, 0.15) is 140 Å². The molecule has 2 amide bonds. The van der Waals surface area contributed by atoms with Gasteiger partial charge in [-0.25, -0.2) is 0 Å². The molecule has 8 rings (SSSR count). The van der Waals surface area contributed by atoms with Crippen molar-refractivity contribution in [1.82, 2.24) is 9.80 Å². The van der Waals surface area contributed by atoms with Gasteiger partial charge in [0.2, 0.25) is 0 Å². The molecule has 0 fully saturated rings. The van der Waals surface area contributed by atoms with Crippen LogP contribution in [-0.4, -0.2) is 63.7 Å². The molecular formula is C54H64N2O2S2Se2. The van der Waals surface area contributed by atoms with Crippen LogP contribution in [0.4, 0.5) is 0 Å². The van der Waals surface area contributed by atoms with Crippen molar-refractivity contribution < 1.29 is 9.59 Å². The van der Waals surface area contributed by atoms with Gasteiger partial charge in [0.1, 0.15) is 0 Å². The zero-order chi connectivity index (χ0) is 43.0. The van der Waals surface area contributed by atoms with Gasteiger partial charge in [0.25, 0.3) is 0 Å². The number of hydrogen-bond donors (Lipinski definition) is 0. The number of rotatable bonds is 24. The molecule has 0 spiro atoms. The van der Waals surface area contributed by atoms with Gasteiger partial charge >= 0.3 is 367 Å². The molecular weight excluding hydrogens is 931 g/mol. The van der Waals surface area contributed by atoms with Gasteiger partial charge in [0, 0.05) is 0 Å². The molecule has 326 valence electrons. The van der Waals surface area contributed by atoms with Gasteiger partial charge < -0.3 is 0 Å². The molecule has 2 aliphatic rings. The van der Waals surface area contributed by atoms with Crippen molar-refractivity contribution in [3.05, 3.63) is 106 Å². The minimum absolute atomic E-state index is 0.0299. The topological polar surface area (TPSA) is 40.6 Å². The van der Waals surface area contributed by atoms with Crippen molar-refractivity contribution in [3.63, 3.8) is 0 Å². The van der Waals surface area contributed by atoms with Crippen LogP contribution < -0.4 is 0 Å². The molecule has 2 unspecified atom stereocenters. The van der Waals surface area contributed by atoms with E-state index in [1.807, 2.05) is 0 Å². The van der Waals surface area contributed by atoms with Crippen LogP contribution in [0.2, 0.25) is 0 Å². The first-order valence-corrected chi connectivity index (χ1v) is 28.8. The van der Waals surface area contributed by atoms with Crippen molar-refractivity contribution in [3.8, 4) is 18.6 Å². The van der Waals surface area contributed by atoms with Crippen molar-refractivity contribution in [2.45, 2.75) is 130 Å². The third kappa shape index (κ3) is 10.0. The van der Waals surface area contributed by atoms with Gasteiger partial charge in [-0.2, -0.15) is 0 Å². The van der Waals surface area contributed by atoms with E-state index in [1.165, 1.54) is 89.3 Å². The molecule has 4 nitrogen and oxygen atoms in total. The number of amides is 2. The molecule has 0 saturated heterocycles. The molecule has 8 heteroatoms. The first-order valence-electron chi connectivity index (χ1n) is 23.7. The molecule has 2 atom stereocenters. The Balaban J connectivity index is 1.25. The maximum absolute atomic E-state index is 15.6. The average Bonchev–Trinajstić information content (AvgIpc) is 4.15. The fourth-order valence-electron chi connectivity index (χ4n) is 9.53. The van der Waals surface area contributed by atoms with Crippen molar-refractivity contribution in [2.24, 2.45) is 11.8 Å². The second-order valence-electron chi connectivity index (χ2n) is 17.6. The third-order valence-corrected chi connectivity index (χ3v) is 20.6. The van der Waals surface area contributed by atoms with E-state index in [0.717, 1.165) is 72.5 Å². The Labute approximate surface area is 390 Å². The summed E-state index contributed by atoms with van der Waals surface area (Å²) in [7, 11) is 0. The summed E-state index contributed by atoms with van der Waals surface area (Å²) in [6.45, 7) is 10.4. The first-order chi connectivity index (χ1) is 30.4. The number of unbranched alkanes of at least 4 members (excludes halogenated alkanes) is 8. The Morgan fingerprint density at radius 1 is 0.468 bits per heavy atom. The number of carbonyl (C=O) groups excluding carboxylic acids is 2. The van der Waals surface area contributed by atoms with Gasteiger partial charge in [-0.05, 0) is 0 Å². The predicted molar refractivity (Wildman–Crippen MR) is 269 cm³/mol. The fourth-order valence-corrected chi connectivity index (χ4v) is 16.6. The SMILES string of the molecule is CCCCCCC(CCCC)CN1C(=O)C2=C(c3ccc(-c4cc5ccccc5[se]4)s3)N(CC(CCCC)CCCCCC)C(=O)C2=C1c1ccc(-c2cc3ccccc3[se]2)s1. The van der Waals surface area contributed by atoms with Crippen molar-refractivity contribution >= 4 is 94.2 Å². The summed E-state index contributed by atoms with van der Waals surface area (Å²) in [5.41, 5.74) is 3.04. The molecule has 0 radical (unpaired) electrons. The molecule has 2 aromatic carbocycles. The Morgan fingerprint density at radius 2 is 0.855 bits per heavy atom. The summed E-state index contributed by atoms with van der Waals surface area (Å²) in [6, 6.07) is 31.2. The number of benzene rings is 2.